The lowest BCUT2D eigenvalue weighted by Crippen LogP contribution is -2.25. The average Bonchev–Trinajstić information content (AvgIpc) is 2.91. The van der Waals surface area contributed by atoms with Gasteiger partial charge in [0.15, 0.2) is 18.1 Å². The average molecular weight is 591 g/mol. The molecular formula is C27H29BrClN3O5. The third-order valence-electron chi connectivity index (χ3n) is 6.16. The van der Waals surface area contributed by atoms with Gasteiger partial charge < -0.3 is 14.2 Å². The number of ether oxygens (including phenoxy) is 3. The highest BCUT2D eigenvalue weighted by molar-refractivity contribution is 9.10. The first-order valence-corrected chi connectivity index (χ1v) is 13.6. The van der Waals surface area contributed by atoms with E-state index in [1.807, 2.05) is 25.1 Å². The van der Waals surface area contributed by atoms with Crippen LogP contribution in [0.4, 0.5) is 0 Å². The van der Waals surface area contributed by atoms with Crippen molar-refractivity contribution in [2.45, 2.75) is 51.9 Å². The lowest BCUT2D eigenvalue weighted by Gasteiger charge is -2.22. The highest BCUT2D eigenvalue weighted by atomic mass is 79.9. The maximum absolute atomic E-state index is 13.5. The Morgan fingerprint density at radius 3 is 2.68 bits per heavy atom. The van der Waals surface area contributed by atoms with Crippen molar-refractivity contribution in [3.63, 3.8) is 0 Å². The number of halogens is 2. The molecule has 196 valence electrons. The van der Waals surface area contributed by atoms with Crippen LogP contribution in [0.3, 0.4) is 0 Å². The normalized spacial score (nSPS) is 14.3. The number of carbonyl (C=O) groups excluding carboxylic acids is 1. The molecule has 0 saturated heterocycles. The molecule has 37 heavy (non-hydrogen) atoms. The van der Waals surface area contributed by atoms with Gasteiger partial charge in [0.25, 0.3) is 5.56 Å². The number of hydrogen-bond donors (Lipinski definition) is 0. The van der Waals surface area contributed by atoms with E-state index in [0.717, 1.165) is 25.7 Å². The van der Waals surface area contributed by atoms with Gasteiger partial charge in [-0.2, -0.15) is 9.78 Å². The summed E-state index contributed by atoms with van der Waals surface area (Å²) in [6, 6.07) is 9.02. The van der Waals surface area contributed by atoms with Gasteiger partial charge in [0.2, 0.25) is 0 Å². The summed E-state index contributed by atoms with van der Waals surface area (Å²) >= 11 is 10.1. The molecule has 1 saturated carbocycles. The van der Waals surface area contributed by atoms with Gasteiger partial charge in [-0.25, -0.2) is 9.78 Å². The molecule has 0 aliphatic heterocycles. The zero-order valence-corrected chi connectivity index (χ0v) is 23.2. The number of carbonyl (C=O) groups is 1. The van der Waals surface area contributed by atoms with E-state index in [2.05, 4.69) is 21.0 Å². The molecule has 1 aromatic heterocycles. The van der Waals surface area contributed by atoms with Gasteiger partial charge in [-0.05, 0) is 60.8 Å². The molecule has 4 rings (SSSR count). The van der Waals surface area contributed by atoms with Crippen LogP contribution in [0.25, 0.3) is 10.9 Å². The summed E-state index contributed by atoms with van der Waals surface area (Å²) in [5.41, 5.74) is 1.03. The van der Waals surface area contributed by atoms with Crippen molar-refractivity contribution in [2.24, 2.45) is 5.10 Å². The predicted octanol–water partition coefficient (Wildman–Crippen LogP) is 6.08. The number of benzene rings is 2. The van der Waals surface area contributed by atoms with Gasteiger partial charge in [0, 0.05) is 16.0 Å². The largest absolute Gasteiger partial charge is 0.490 e. The first-order chi connectivity index (χ1) is 17.9. The van der Waals surface area contributed by atoms with Crippen molar-refractivity contribution in [3.05, 3.63) is 61.6 Å². The molecular weight excluding hydrogens is 562 g/mol. The van der Waals surface area contributed by atoms with Crippen LogP contribution in [0.15, 0.2) is 44.7 Å². The van der Waals surface area contributed by atoms with Crippen molar-refractivity contribution in [3.8, 4) is 11.5 Å². The smallest absolute Gasteiger partial charge is 0.344 e. The Hall–Kier alpha value is -2.91. The Morgan fingerprint density at radius 1 is 1.19 bits per heavy atom. The van der Waals surface area contributed by atoms with E-state index in [1.165, 1.54) is 11.1 Å². The molecule has 0 spiro atoms. The minimum Gasteiger partial charge on any atom is -0.490 e. The zero-order valence-electron chi connectivity index (χ0n) is 20.8. The van der Waals surface area contributed by atoms with Crippen molar-refractivity contribution >= 4 is 50.6 Å². The van der Waals surface area contributed by atoms with Crippen LogP contribution < -0.4 is 15.0 Å². The van der Waals surface area contributed by atoms with Gasteiger partial charge in [0.05, 0.1) is 30.3 Å². The molecule has 10 heteroatoms. The van der Waals surface area contributed by atoms with Crippen LogP contribution in [-0.4, -0.2) is 41.7 Å². The third-order valence-corrected chi connectivity index (χ3v) is 7.60. The summed E-state index contributed by atoms with van der Waals surface area (Å²) in [5, 5.41) is 5.31. The second-order valence-corrected chi connectivity index (χ2v) is 9.80. The van der Waals surface area contributed by atoms with Crippen molar-refractivity contribution in [1.29, 1.82) is 0 Å². The van der Waals surface area contributed by atoms with Crippen LogP contribution in [0, 0.1) is 0 Å². The van der Waals surface area contributed by atoms with Gasteiger partial charge >= 0.3 is 5.97 Å². The van der Waals surface area contributed by atoms with E-state index >= 15 is 0 Å². The number of hydrogen-bond acceptors (Lipinski definition) is 7. The summed E-state index contributed by atoms with van der Waals surface area (Å²) in [6.45, 7) is 3.84. The summed E-state index contributed by atoms with van der Waals surface area (Å²) in [6.07, 6.45) is 6.88. The summed E-state index contributed by atoms with van der Waals surface area (Å²) in [4.78, 5) is 30.1. The van der Waals surface area contributed by atoms with E-state index in [9.17, 15) is 9.59 Å². The molecule has 0 radical (unpaired) electrons. The first kappa shape index (κ1) is 27.1. The molecule has 1 aliphatic carbocycles. The highest BCUT2D eigenvalue weighted by Crippen LogP contribution is 2.42. The van der Waals surface area contributed by atoms with Gasteiger partial charge in [-0.15, -0.1) is 0 Å². The molecule has 0 unspecified atom stereocenters. The Balaban J connectivity index is 1.76. The molecule has 8 nitrogen and oxygen atoms in total. The van der Waals surface area contributed by atoms with Crippen LogP contribution >= 0.6 is 27.5 Å². The quantitative estimate of drug-likeness (QED) is 0.221. The molecule has 1 aliphatic rings. The number of para-hydroxylation sites is 1. The number of fused-ring (bicyclic) bond motifs is 1. The fraction of sp³-hybridized carbons (Fsp3) is 0.407. The maximum atomic E-state index is 13.5. The molecule has 2 aromatic carbocycles. The lowest BCUT2D eigenvalue weighted by molar-refractivity contribution is -0.145. The molecule has 3 aromatic rings. The molecule has 0 bridgehead atoms. The Kier molecular flexibility index (Phi) is 9.21. The lowest BCUT2D eigenvalue weighted by atomic mass is 9.88. The van der Waals surface area contributed by atoms with E-state index in [0.29, 0.717) is 39.1 Å². The Labute approximate surface area is 228 Å². The van der Waals surface area contributed by atoms with E-state index in [1.54, 1.807) is 25.3 Å². The molecule has 0 atom stereocenters. The highest BCUT2D eigenvalue weighted by Gasteiger charge is 2.23. The molecule has 0 N–H and O–H groups in total. The zero-order chi connectivity index (χ0) is 26.4. The standard InChI is InChI=1S/C27H29BrClN3O5/c1-3-35-21-14-18(23(28)24(29)25(21)37-16-22(33)36-4-2)15-30-32-26(17-10-6-5-7-11-17)31-20-13-9-8-12-19(20)27(32)34/h8-9,12-15,17H,3-7,10-11,16H2,1-2H3. The number of esters is 1. The first-order valence-electron chi connectivity index (χ1n) is 12.4. The molecule has 0 amide bonds. The number of nitrogens with zero attached hydrogens (tertiary/aromatic N) is 3. The van der Waals surface area contributed by atoms with Gasteiger partial charge in [0.1, 0.15) is 10.8 Å². The predicted molar refractivity (Wildman–Crippen MR) is 147 cm³/mol. The van der Waals surface area contributed by atoms with E-state index in [4.69, 9.17) is 30.8 Å². The van der Waals surface area contributed by atoms with Crippen LogP contribution in [0.2, 0.25) is 5.02 Å². The summed E-state index contributed by atoms with van der Waals surface area (Å²) in [5.74, 6) is 0.876. The Bertz CT molecular complexity index is 1370. The summed E-state index contributed by atoms with van der Waals surface area (Å²) < 4.78 is 18.2. The minimum atomic E-state index is -0.513. The topological polar surface area (TPSA) is 92.0 Å². The second-order valence-electron chi connectivity index (χ2n) is 8.63. The van der Waals surface area contributed by atoms with Crippen LogP contribution in [0.5, 0.6) is 11.5 Å². The third kappa shape index (κ3) is 6.15. The van der Waals surface area contributed by atoms with Crippen molar-refractivity contribution in [2.75, 3.05) is 19.8 Å². The van der Waals surface area contributed by atoms with Crippen LogP contribution in [-0.2, 0) is 9.53 Å². The van der Waals surface area contributed by atoms with E-state index in [-0.39, 0.29) is 35.5 Å². The number of rotatable bonds is 9. The molecule has 1 fully saturated rings. The van der Waals surface area contributed by atoms with Gasteiger partial charge in [-0.3, -0.25) is 4.79 Å². The minimum absolute atomic E-state index is 0.160. The Morgan fingerprint density at radius 2 is 1.95 bits per heavy atom. The monoisotopic (exact) mass is 589 g/mol. The van der Waals surface area contributed by atoms with Crippen LogP contribution in [0.1, 0.15) is 63.3 Å². The van der Waals surface area contributed by atoms with E-state index < -0.39 is 5.97 Å². The second kappa shape index (κ2) is 12.6. The molecule has 1 heterocycles. The fourth-order valence-electron chi connectivity index (χ4n) is 4.43. The fourth-order valence-corrected chi connectivity index (χ4v) is 5.08. The number of aromatic nitrogens is 2. The maximum Gasteiger partial charge on any atom is 0.344 e. The van der Waals surface area contributed by atoms with Gasteiger partial charge in [-0.1, -0.05) is 43.0 Å². The van der Waals surface area contributed by atoms with Crippen molar-refractivity contribution < 1.29 is 19.0 Å². The van der Waals surface area contributed by atoms with Crippen molar-refractivity contribution in [1.82, 2.24) is 9.66 Å². The SMILES string of the molecule is CCOC(=O)COc1c(OCC)cc(C=Nn2c(C3CCCCC3)nc3ccccc3c2=O)c(Br)c1Cl. The summed E-state index contributed by atoms with van der Waals surface area (Å²) in [7, 11) is 0.